The van der Waals surface area contributed by atoms with Gasteiger partial charge in [0.25, 0.3) is 0 Å². The smallest absolute Gasteiger partial charge is 0.161 e. The average molecular weight is 502 g/mol. The molecule has 0 fully saturated rings. The first kappa shape index (κ1) is 26.6. The topological polar surface area (TPSA) is 49.0 Å². The number of benzene rings is 3. The summed E-state index contributed by atoms with van der Waals surface area (Å²) in [5.41, 5.74) is 5.91. The van der Waals surface area contributed by atoms with Gasteiger partial charge in [-0.1, -0.05) is 63.3 Å². The summed E-state index contributed by atoms with van der Waals surface area (Å²) in [5, 5.41) is 3.64. The number of aryl methyl sites for hydroxylation is 1. The molecule has 1 heterocycles. The van der Waals surface area contributed by atoms with E-state index in [2.05, 4.69) is 75.5 Å². The van der Waals surface area contributed by atoms with Gasteiger partial charge in [0.1, 0.15) is 6.61 Å². The normalized spacial score (nSPS) is 15.4. The van der Waals surface area contributed by atoms with Crippen LogP contribution in [0.4, 0.5) is 0 Å². The van der Waals surface area contributed by atoms with Crippen LogP contribution < -0.4 is 24.3 Å². The molecule has 1 N–H and O–H groups in total. The zero-order valence-electron chi connectivity index (χ0n) is 22.9. The summed E-state index contributed by atoms with van der Waals surface area (Å²) in [6, 6.07) is 18.6. The van der Waals surface area contributed by atoms with E-state index < -0.39 is 0 Å². The van der Waals surface area contributed by atoms with E-state index in [-0.39, 0.29) is 11.5 Å². The molecular weight excluding hydrogens is 462 g/mol. The molecule has 1 aliphatic rings. The maximum Gasteiger partial charge on any atom is 0.161 e. The van der Waals surface area contributed by atoms with Crippen LogP contribution in [0, 0.1) is 12.3 Å². The molecule has 0 amide bonds. The second-order valence-corrected chi connectivity index (χ2v) is 10.7. The molecule has 0 radical (unpaired) electrons. The maximum atomic E-state index is 6.15. The zero-order chi connectivity index (χ0) is 26.4. The van der Waals surface area contributed by atoms with E-state index in [1.54, 1.807) is 14.2 Å². The molecule has 3 aromatic rings. The van der Waals surface area contributed by atoms with E-state index in [1.807, 2.05) is 24.3 Å². The fourth-order valence-electron chi connectivity index (χ4n) is 4.40. The fraction of sp³-hybridized carbons (Fsp3) is 0.375. The second kappa shape index (κ2) is 11.7. The average Bonchev–Trinajstić information content (AvgIpc) is 2.89. The van der Waals surface area contributed by atoms with Gasteiger partial charge in [0.2, 0.25) is 0 Å². The van der Waals surface area contributed by atoms with Crippen molar-refractivity contribution >= 4 is 6.08 Å². The van der Waals surface area contributed by atoms with Crippen LogP contribution in [0.2, 0.25) is 0 Å². The molecule has 5 nitrogen and oxygen atoms in total. The molecule has 4 rings (SSSR count). The van der Waals surface area contributed by atoms with Gasteiger partial charge in [-0.3, -0.25) is 0 Å². The van der Waals surface area contributed by atoms with E-state index in [4.69, 9.17) is 18.9 Å². The summed E-state index contributed by atoms with van der Waals surface area (Å²) >= 11 is 0. The van der Waals surface area contributed by atoms with Crippen LogP contribution in [-0.2, 0) is 13.0 Å². The van der Waals surface area contributed by atoms with Crippen LogP contribution in [0.15, 0.2) is 60.7 Å². The Morgan fingerprint density at radius 2 is 1.59 bits per heavy atom. The van der Waals surface area contributed by atoms with Gasteiger partial charge in [-0.25, -0.2) is 0 Å². The first-order valence-corrected chi connectivity index (χ1v) is 12.9. The van der Waals surface area contributed by atoms with Gasteiger partial charge in [-0.05, 0) is 70.8 Å². The Morgan fingerprint density at radius 1 is 0.892 bits per heavy atom. The van der Waals surface area contributed by atoms with Gasteiger partial charge >= 0.3 is 0 Å². The Balaban J connectivity index is 1.57. The Bertz CT molecular complexity index is 1230. The summed E-state index contributed by atoms with van der Waals surface area (Å²) in [6.07, 6.45) is 5.32. The van der Waals surface area contributed by atoms with Crippen LogP contribution in [-0.4, -0.2) is 27.4 Å². The van der Waals surface area contributed by atoms with Crippen LogP contribution in [0.25, 0.3) is 6.08 Å². The summed E-state index contributed by atoms with van der Waals surface area (Å²) in [6.45, 7) is 10.6. The van der Waals surface area contributed by atoms with Crippen molar-refractivity contribution in [1.29, 1.82) is 0 Å². The number of hydrogen-bond donors (Lipinski definition) is 1. The monoisotopic (exact) mass is 501 g/mol. The third kappa shape index (κ3) is 6.86. The molecule has 196 valence electrons. The van der Waals surface area contributed by atoms with Gasteiger partial charge in [0.05, 0.1) is 26.9 Å². The molecule has 1 aliphatic heterocycles. The van der Waals surface area contributed by atoms with Crippen molar-refractivity contribution in [3.05, 3.63) is 88.5 Å². The van der Waals surface area contributed by atoms with Crippen LogP contribution in [0.5, 0.6) is 23.0 Å². The lowest BCUT2D eigenvalue weighted by Gasteiger charge is -2.26. The Labute approximate surface area is 221 Å². The zero-order valence-corrected chi connectivity index (χ0v) is 22.9. The molecule has 1 atom stereocenters. The summed E-state index contributed by atoms with van der Waals surface area (Å²) in [4.78, 5) is 0. The number of fused-ring (bicyclic) bond motifs is 1. The number of nitrogens with one attached hydrogen (secondary N) is 1. The van der Waals surface area contributed by atoms with Crippen molar-refractivity contribution in [2.45, 2.75) is 46.8 Å². The van der Waals surface area contributed by atoms with Gasteiger partial charge < -0.3 is 24.3 Å². The SMILES string of the molecule is COc1cc2c(cc1OCc1ccccc1)CCNC2/C=C/c1cc(OCC(C)(C)C)c(OC)cc1C. The van der Waals surface area contributed by atoms with E-state index >= 15 is 0 Å². The molecule has 37 heavy (non-hydrogen) atoms. The van der Waals surface area contributed by atoms with Crippen LogP contribution >= 0.6 is 0 Å². The Hall–Kier alpha value is -3.44. The predicted molar refractivity (Wildman–Crippen MR) is 150 cm³/mol. The van der Waals surface area contributed by atoms with E-state index in [1.165, 1.54) is 11.1 Å². The van der Waals surface area contributed by atoms with Crippen molar-refractivity contribution in [3.63, 3.8) is 0 Å². The molecule has 5 heteroatoms. The summed E-state index contributed by atoms with van der Waals surface area (Å²) < 4.78 is 23.6. The van der Waals surface area contributed by atoms with E-state index in [0.29, 0.717) is 13.2 Å². The molecule has 0 aliphatic carbocycles. The molecule has 3 aromatic carbocycles. The van der Waals surface area contributed by atoms with Crippen LogP contribution in [0.3, 0.4) is 0 Å². The predicted octanol–water partition coefficient (Wildman–Crippen LogP) is 6.92. The van der Waals surface area contributed by atoms with Gasteiger partial charge in [0, 0.05) is 6.54 Å². The van der Waals surface area contributed by atoms with Crippen LogP contribution in [0.1, 0.15) is 54.6 Å². The van der Waals surface area contributed by atoms with Crippen molar-refractivity contribution in [2.75, 3.05) is 27.4 Å². The van der Waals surface area contributed by atoms with Crippen molar-refractivity contribution in [1.82, 2.24) is 5.32 Å². The fourth-order valence-corrected chi connectivity index (χ4v) is 4.40. The molecular formula is C32H39NO4. The minimum atomic E-state index is 0.0599. The molecule has 0 saturated heterocycles. The molecule has 0 aromatic heterocycles. The van der Waals surface area contributed by atoms with Gasteiger partial charge in [-0.15, -0.1) is 0 Å². The summed E-state index contributed by atoms with van der Waals surface area (Å²) in [5.74, 6) is 3.05. The number of methoxy groups -OCH3 is 2. The quantitative estimate of drug-likeness (QED) is 0.345. The standard InChI is InChI=1S/C32H39NO4/c1-22-16-28(34-5)31(37-21-32(2,3)4)17-24(22)12-13-27-26-19-29(35-6)30(18-25(26)14-15-33-27)36-20-23-10-8-7-9-11-23/h7-13,16-19,27,33H,14-15,20-21H2,1-6H3/b13-12+. The maximum absolute atomic E-state index is 6.15. The first-order chi connectivity index (χ1) is 17.8. The van der Waals surface area contributed by atoms with Crippen molar-refractivity contribution < 1.29 is 18.9 Å². The molecule has 0 spiro atoms. The lowest BCUT2D eigenvalue weighted by molar-refractivity contribution is 0.191. The lowest BCUT2D eigenvalue weighted by atomic mass is 9.92. The number of hydrogen-bond acceptors (Lipinski definition) is 5. The van der Waals surface area contributed by atoms with Crippen molar-refractivity contribution in [3.8, 4) is 23.0 Å². The highest BCUT2D eigenvalue weighted by Gasteiger charge is 2.21. The second-order valence-electron chi connectivity index (χ2n) is 10.7. The van der Waals surface area contributed by atoms with Gasteiger partial charge in [-0.2, -0.15) is 0 Å². The third-order valence-electron chi connectivity index (χ3n) is 6.44. The minimum absolute atomic E-state index is 0.0599. The van der Waals surface area contributed by atoms with E-state index in [9.17, 15) is 0 Å². The Morgan fingerprint density at radius 3 is 2.30 bits per heavy atom. The molecule has 1 unspecified atom stereocenters. The molecule has 0 saturated carbocycles. The Kier molecular flexibility index (Phi) is 8.45. The first-order valence-electron chi connectivity index (χ1n) is 12.9. The van der Waals surface area contributed by atoms with E-state index in [0.717, 1.165) is 52.7 Å². The largest absolute Gasteiger partial charge is 0.493 e. The van der Waals surface area contributed by atoms with Gasteiger partial charge in [0.15, 0.2) is 23.0 Å². The van der Waals surface area contributed by atoms with Crippen molar-refractivity contribution in [2.24, 2.45) is 5.41 Å². The highest BCUT2D eigenvalue weighted by Crippen LogP contribution is 2.37. The number of rotatable bonds is 9. The third-order valence-corrected chi connectivity index (χ3v) is 6.44. The highest BCUT2D eigenvalue weighted by atomic mass is 16.5. The minimum Gasteiger partial charge on any atom is -0.493 e. The highest BCUT2D eigenvalue weighted by molar-refractivity contribution is 5.61. The summed E-state index contributed by atoms with van der Waals surface area (Å²) in [7, 11) is 3.38. The lowest BCUT2D eigenvalue weighted by Crippen LogP contribution is -2.28. The number of ether oxygens (including phenoxy) is 4. The molecule has 0 bridgehead atoms.